The third-order valence-electron chi connectivity index (χ3n) is 9.99. The van der Waals surface area contributed by atoms with Crippen LogP contribution in [0.15, 0.2) is 0 Å². The smallest absolute Gasteiger partial charge is 0.462 e. The summed E-state index contributed by atoms with van der Waals surface area (Å²) in [7, 11) is -10.6. The van der Waals surface area contributed by atoms with Crippen molar-refractivity contribution in [3.8, 4) is 0 Å². The summed E-state index contributed by atoms with van der Waals surface area (Å²) in [5.74, 6) is -0.286. The largest absolute Gasteiger partial charge is 0.472 e. The van der Waals surface area contributed by atoms with E-state index in [4.69, 9.17) is 28.3 Å². The SMILES string of the molecule is CCCCCCCCCCCCCCCC(=O)O[C@H](COC(=O)CCCCCCCCCCCCS)COP(=O)(O)OC1C(O)[C@H](O)C(O)[C@H](OP(=O)(O)O)[C@@H]1O. The van der Waals surface area contributed by atoms with Crippen LogP contribution in [0.2, 0.25) is 0 Å². The van der Waals surface area contributed by atoms with Gasteiger partial charge in [-0.05, 0) is 25.0 Å². The maximum Gasteiger partial charge on any atom is 0.472 e. The van der Waals surface area contributed by atoms with Gasteiger partial charge in [0.05, 0.1) is 6.61 Å². The van der Waals surface area contributed by atoms with Gasteiger partial charge >= 0.3 is 27.6 Å². The van der Waals surface area contributed by atoms with E-state index in [1.54, 1.807) is 0 Å². The zero-order valence-corrected chi connectivity index (χ0v) is 36.7. The molecule has 0 bridgehead atoms. The Balaban J connectivity index is 2.64. The average Bonchev–Trinajstić information content (AvgIpc) is 3.16. The number of carbonyl (C=O) groups excluding carboxylic acids is 2. The molecular weight excluding hydrogens is 806 g/mol. The van der Waals surface area contributed by atoms with Crippen LogP contribution in [0.4, 0.5) is 0 Å². The molecule has 338 valence electrons. The molecule has 0 aromatic rings. The molecule has 0 spiro atoms. The first kappa shape index (κ1) is 54.4. The number of phosphoric acid groups is 2. The van der Waals surface area contributed by atoms with Crippen LogP contribution >= 0.6 is 28.3 Å². The summed E-state index contributed by atoms with van der Waals surface area (Å²) in [6, 6.07) is 0. The van der Waals surface area contributed by atoms with E-state index in [2.05, 4.69) is 24.1 Å². The monoisotopic (exact) mass is 880 g/mol. The molecule has 57 heavy (non-hydrogen) atoms. The third kappa shape index (κ3) is 27.0. The zero-order valence-electron chi connectivity index (χ0n) is 34.0. The first-order valence-corrected chi connectivity index (χ1v) is 24.9. The molecule has 1 aliphatic carbocycles. The molecule has 1 saturated carbocycles. The molecule has 1 aliphatic rings. The van der Waals surface area contributed by atoms with Gasteiger partial charge in [-0.15, -0.1) is 0 Å². The van der Waals surface area contributed by atoms with E-state index in [0.717, 1.165) is 63.5 Å². The standard InChI is InChI=1S/C38H74O16P2S/c1-2-3-4-5-6-7-8-9-10-14-17-20-23-26-32(40)52-30(28-50-31(39)25-22-19-16-13-11-12-15-18-21-24-27-57)29-51-56(48,49)54-38-35(43)33(41)34(42)37(36(38)44)53-55(45,46)47/h30,33-38,41-44,57H,2-29H2,1H3,(H,48,49)(H2,45,46,47)/t30-,33-,34?,35?,36+,37+,38?/m1/s1. The Kier molecular flexibility index (Phi) is 30.6. The Morgan fingerprint density at radius 3 is 1.39 bits per heavy atom. The number of rotatable bonds is 36. The molecule has 0 aliphatic heterocycles. The normalized spacial score (nSPS) is 22.9. The molecule has 0 amide bonds. The third-order valence-corrected chi connectivity index (χ3v) is 11.8. The first-order chi connectivity index (χ1) is 27.1. The van der Waals surface area contributed by atoms with Crippen molar-refractivity contribution in [3.63, 3.8) is 0 Å². The number of thiol groups is 1. The number of phosphoric ester groups is 2. The van der Waals surface area contributed by atoms with Gasteiger partial charge in [-0.3, -0.25) is 23.2 Å². The van der Waals surface area contributed by atoms with Crippen LogP contribution in [0.1, 0.15) is 167 Å². The summed E-state index contributed by atoms with van der Waals surface area (Å²) in [6.45, 7) is 0.878. The fourth-order valence-electron chi connectivity index (χ4n) is 6.65. The second kappa shape index (κ2) is 32.1. The lowest BCUT2D eigenvalue weighted by Crippen LogP contribution is -2.64. The van der Waals surface area contributed by atoms with E-state index >= 15 is 0 Å². The highest BCUT2D eigenvalue weighted by Gasteiger charge is 2.54. The van der Waals surface area contributed by atoms with Crippen LogP contribution in [-0.2, 0) is 41.8 Å². The molecular formula is C38H74O16P2S. The molecule has 8 atom stereocenters. The summed E-state index contributed by atoms with van der Waals surface area (Å²) in [6.07, 6.45) is 10.6. The van der Waals surface area contributed by atoms with Crippen molar-refractivity contribution in [2.24, 2.45) is 0 Å². The van der Waals surface area contributed by atoms with Gasteiger partial charge in [0.2, 0.25) is 0 Å². The van der Waals surface area contributed by atoms with Crippen LogP contribution < -0.4 is 0 Å². The Hall–Kier alpha value is -0.650. The Labute approximate surface area is 345 Å². The summed E-state index contributed by atoms with van der Waals surface area (Å²) in [4.78, 5) is 54.0. The molecule has 0 heterocycles. The van der Waals surface area contributed by atoms with Crippen molar-refractivity contribution in [1.82, 2.24) is 0 Å². The number of hydrogen-bond acceptors (Lipinski definition) is 14. The maximum atomic E-state index is 12.9. The van der Waals surface area contributed by atoms with E-state index in [1.165, 1.54) is 77.0 Å². The number of unbranched alkanes of at least 4 members (excludes halogenated alkanes) is 21. The van der Waals surface area contributed by atoms with E-state index in [-0.39, 0.29) is 12.8 Å². The fraction of sp³-hybridized carbons (Fsp3) is 0.947. The predicted octanol–water partition coefficient (Wildman–Crippen LogP) is 6.58. The Bertz CT molecular complexity index is 1150. The van der Waals surface area contributed by atoms with Crippen molar-refractivity contribution in [2.45, 2.75) is 210 Å². The van der Waals surface area contributed by atoms with Gasteiger partial charge < -0.3 is 44.6 Å². The van der Waals surface area contributed by atoms with Gasteiger partial charge in [0.25, 0.3) is 0 Å². The summed E-state index contributed by atoms with van der Waals surface area (Å²) < 4.78 is 49.2. The molecule has 0 aromatic heterocycles. The topological polar surface area (TPSA) is 256 Å². The number of ether oxygens (including phenoxy) is 2. The lowest BCUT2D eigenvalue weighted by Gasteiger charge is -2.43. The number of esters is 2. The lowest BCUT2D eigenvalue weighted by atomic mass is 9.85. The van der Waals surface area contributed by atoms with Crippen LogP contribution in [0.3, 0.4) is 0 Å². The molecule has 16 nitrogen and oxygen atoms in total. The number of carbonyl (C=O) groups is 2. The Morgan fingerprint density at radius 2 is 0.947 bits per heavy atom. The Morgan fingerprint density at radius 1 is 0.544 bits per heavy atom. The highest BCUT2D eigenvalue weighted by molar-refractivity contribution is 7.80. The highest BCUT2D eigenvalue weighted by Crippen LogP contribution is 2.49. The van der Waals surface area contributed by atoms with Gasteiger partial charge in [-0.25, -0.2) is 9.13 Å². The molecule has 19 heteroatoms. The molecule has 0 radical (unpaired) electrons. The predicted molar refractivity (Wildman–Crippen MR) is 217 cm³/mol. The fourth-order valence-corrected chi connectivity index (χ4v) is 8.42. The summed E-state index contributed by atoms with van der Waals surface area (Å²) >= 11 is 4.23. The first-order valence-electron chi connectivity index (χ1n) is 21.2. The summed E-state index contributed by atoms with van der Waals surface area (Å²) in [5, 5.41) is 41.1. The van der Waals surface area contributed by atoms with E-state index < -0.39 is 83.5 Å². The number of aliphatic hydroxyl groups is 4. The minimum atomic E-state index is -5.35. The van der Waals surface area contributed by atoms with Crippen molar-refractivity contribution in [1.29, 1.82) is 0 Å². The molecule has 0 saturated heterocycles. The van der Waals surface area contributed by atoms with Gasteiger partial charge in [0.1, 0.15) is 43.2 Å². The van der Waals surface area contributed by atoms with Gasteiger partial charge in [0.15, 0.2) is 6.10 Å². The molecule has 7 N–H and O–H groups in total. The van der Waals surface area contributed by atoms with Crippen molar-refractivity contribution < 1.29 is 76.9 Å². The van der Waals surface area contributed by atoms with E-state index in [9.17, 15) is 44.0 Å². The van der Waals surface area contributed by atoms with Crippen LogP contribution in [0.5, 0.6) is 0 Å². The van der Waals surface area contributed by atoms with Crippen molar-refractivity contribution in [2.75, 3.05) is 19.0 Å². The van der Waals surface area contributed by atoms with E-state index in [0.29, 0.717) is 12.8 Å². The minimum Gasteiger partial charge on any atom is -0.462 e. The number of aliphatic hydroxyl groups excluding tert-OH is 4. The van der Waals surface area contributed by atoms with Gasteiger partial charge in [-0.2, -0.15) is 12.6 Å². The van der Waals surface area contributed by atoms with Gasteiger partial charge in [-0.1, -0.05) is 135 Å². The second-order valence-electron chi connectivity index (χ2n) is 15.2. The summed E-state index contributed by atoms with van der Waals surface area (Å²) in [5.41, 5.74) is 0. The molecule has 0 aromatic carbocycles. The van der Waals surface area contributed by atoms with Crippen molar-refractivity contribution in [3.05, 3.63) is 0 Å². The molecule has 1 fully saturated rings. The minimum absolute atomic E-state index is 0.0484. The quantitative estimate of drug-likeness (QED) is 0.0143. The molecule has 1 rings (SSSR count). The zero-order chi connectivity index (χ0) is 42.5. The van der Waals surface area contributed by atoms with E-state index in [1.807, 2.05) is 0 Å². The number of hydrogen-bond donors (Lipinski definition) is 8. The maximum absolute atomic E-state index is 12.9. The molecule has 4 unspecified atom stereocenters. The lowest BCUT2D eigenvalue weighted by molar-refractivity contribution is -0.216. The van der Waals surface area contributed by atoms with Crippen LogP contribution in [0.25, 0.3) is 0 Å². The average molecular weight is 881 g/mol. The van der Waals surface area contributed by atoms with Crippen LogP contribution in [-0.4, -0.2) is 109 Å². The van der Waals surface area contributed by atoms with Crippen LogP contribution in [0, 0.1) is 0 Å². The van der Waals surface area contributed by atoms with Crippen molar-refractivity contribution >= 4 is 40.2 Å². The second-order valence-corrected chi connectivity index (χ2v) is 18.2. The highest BCUT2D eigenvalue weighted by atomic mass is 32.1. The van der Waals surface area contributed by atoms with Gasteiger partial charge in [0, 0.05) is 12.8 Å².